The second-order valence-electron chi connectivity index (χ2n) is 4.85. The third kappa shape index (κ3) is 2.47. The van der Waals surface area contributed by atoms with E-state index in [9.17, 15) is 0 Å². The number of anilines is 1. The summed E-state index contributed by atoms with van der Waals surface area (Å²) in [5.41, 5.74) is 9.74. The van der Waals surface area contributed by atoms with Crippen molar-refractivity contribution in [2.45, 2.75) is 20.5 Å². The summed E-state index contributed by atoms with van der Waals surface area (Å²) in [5, 5.41) is 0.988. The fourth-order valence-electron chi connectivity index (χ4n) is 2.33. The van der Waals surface area contributed by atoms with Crippen molar-refractivity contribution in [3.63, 3.8) is 0 Å². The van der Waals surface area contributed by atoms with E-state index in [4.69, 9.17) is 10.5 Å². The highest BCUT2D eigenvalue weighted by Crippen LogP contribution is 2.28. The first-order chi connectivity index (χ1) is 9.63. The van der Waals surface area contributed by atoms with E-state index in [0.29, 0.717) is 6.61 Å². The molecule has 0 aliphatic heterocycles. The summed E-state index contributed by atoms with van der Waals surface area (Å²) in [5.74, 6) is 0.901. The second-order valence-corrected chi connectivity index (χ2v) is 5.96. The van der Waals surface area contributed by atoms with Crippen LogP contribution in [0.2, 0.25) is 0 Å². The summed E-state index contributed by atoms with van der Waals surface area (Å²) in [6.07, 6.45) is 0. The maximum absolute atomic E-state index is 5.93. The molecule has 0 aliphatic carbocycles. The molecule has 20 heavy (non-hydrogen) atoms. The van der Waals surface area contributed by atoms with Crippen molar-refractivity contribution in [3.05, 3.63) is 52.5 Å². The Morgan fingerprint density at radius 3 is 2.55 bits per heavy atom. The van der Waals surface area contributed by atoms with Crippen LogP contribution in [0.3, 0.4) is 0 Å². The number of thiazole rings is 1. The molecular formula is C16H16N2OS. The normalized spacial score (nSPS) is 10.9. The van der Waals surface area contributed by atoms with Crippen LogP contribution in [-0.2, 0) is 6.61 Å². The number of para-hydroxylation sites is 1. The van der Waals surface area contributed by atoms with Crippen LogP contribution in [0.1, 0.15) is 16.1 Å². The topological polar surface area (TPSA) is 48.1 Å². The van der Waals surface area contributed by atoms with E-state index >= 15 is 0 Å². The van der Waals surface area contributed by atoms with Gasteiger partial charge in [0.15, 0.2) is 0 Å². The zero-order valence-corrected chi connectivity index (χ0v) is 12.3. The van der Waals surface area contributed by atoms with E-state index in [1.165, 1.54) is 4.70 Å². The molecule has 0 bridgehead atoms. The van der Waals surface area contributed by atoms with Gasteiger partial charge in [-0.2, -0.15) is 0 Å². The molecule has 0 unspecified atom stereocenters. The highest BCUT2D eigenvalue weighted by Gasteiger charge is 2.08. The number of aryl methyl sites for hydroxylation is 2. The zero-order chi connectivity index (χ0) is 14.1. The van der Waals surface area contributed by atoms with Gasteiger partial charge in [0.25, 0.3) is 0 Å². The maximum atomic E-state index is 5.93. The Kier molecular flexibility index (Phi) is 3.32. The molecule has 2 N–H and O–H groups in total. The van der Waals surface area contributed by atoms with E-state index in [-0.39, 0.29) is 0 Å². The van der Waals surface area contributed by atoms with Gasteiger partial charge in [0, 0.05) is 5.69 Å². The van der Waals surface area contributed by atoms with Crippen molar-refractivity contribution >= 4 is 27.2 Å². The molecule has 0 amide bonds. The van der Waals surface area contributed by atoms with Gasteiger partial charge in [-0.05, 0) is 49.2 Å². The fourth-order valence-corrected chi connectivity index (χ4v) is 3.21. The Morgan fingerprint density at radius 2 is 1.85 bits per heavy atom. The van der Waals surface area contributed by atoms with Gasteiger partial charge < -0.3 is 10.5 Å². The lowest BCUT2D eigenvalue weighted by molar-refractivity contribution is 0.301. The standard InChI is InChI=1S/C16H16N2OS/c1-10-7-12(17)8-11(2)16(10)19-9-15-18-13-5-3-4-6-14(13)20-15/h3-8H,9,17H2,1-2H3. The largest absolute Gasteiger partial charge is 0.486 e. The van der Waals surface area contributed by atoms with Gasteiger partial charge in [-0.25, -0.2) is 4.98 Å². The highest BCUT2D eigenvalue weighted by molar-refractivity contribution is 7.18. The Bertz CT molecular complexity index is 708. The highest BCUT2D eigenvalue weighted by atomic mass is 32.1. The number of ether oxygens (including phenoxy) is 1. The molecule has 0 spiro atoms. The van der Waals surface area contributed by atoms with Crippen LogP contribution in [0.5, 0.6) is 5.75 Å². The van der Waals surface area contributed by atoms with Crippen LogP contribution in [0.4, 0.5) is 5.69 Å². The van der Waals surface area contributed by atoms with Crippen LogP contribution in [-0.4, -0.2) is 4.98 Å². The lowest BCUT2D eigenvalue weighted by atomic mass is 10.1. The minimum atomic E-state index is 0.491. The van der Waals surface area contributed by atoms with Gasteiger partial charge in [-0.1, -0.05) is 12.1 Å². The third-order valence-electron chi connectivity index (χ3n) is 3.16. The number of hydrogen-bond donors (Lipinski definition) is 1. The van der Waals surface area contributed by atoms with Gasteiger partial charge >= 0.3 is 0 Å². The molecule has 0 saturated carbocycles. The first kappa shape index (κ1) is 12.9. The molecule has 0 fully saturated rings. The van der Waals surface area contributed by atoms with Crippen molar-refractivity contribution in [1.29, 1.82) is 0 Å². The average molecular weight is 284 g/mol. The summed E-state index contributed by atoms with van der Waals surface area (Å²) in [6, 6.07) is 12.0. The lowest BCUT2D eigenvalue weighted by Crippen LogP contribution is -1.99. The molecule has 0 radical (unpaired) electrons. The quantitative estimate of drug-likeness (QED) is 0.737. The van der Waals surface area contributed by atoms with E-state index in [2.05, 4.69) is 11.1 Å². The van der Waals surface area contributed by atoms with Gasteiger partial charge in [0.1, 0.15) is 17.4 Å². The van der Waals surface area contributed by atoms with Crippen molar-refractivity contribution in [2.24, 2.45) is 0 Å². The first-order valence-electron chi connectivity index (χ1n) is 6.47. The summed E-state index contributed by atoms with van der Waals surface area (Å²) >= 11 is 1.67. The number of nitrogens with two attached hydrogens (primary N) is 1. The molecule has 1 heterocycles. The van der Waals surface area contributed by atoms with E-state index in [0.717, 1.165) is 33.1 Å². The maximum Gasteiger partial charge on any atom is 0.140 e. The van der Waals surface area contributed by atoms with Crippen LogP contribution < -0.4 is 10.5 Å². The minimum Gasteiger partial charge on any atom is -0.486 e. The predicted molar refractivity (Wildman–Crippen MR) is 84.3 cm³/mol. The summed E-state index contributed by atoms with van der Waals surface area (Å²) < 4.78 is 7.12. The van der Waals surface area contributed by atoms with Crippen molar-refractivity contribution in [1.82, 2.24) is 4.98 Å². The molecule has 0 aliphatic rings. The molecule has 3 nitrogen and oxygen atoms in total. The van der Waals surface area contributed by atoms with Gasteiger partial charge in [0.2, 0.25) is 0 Å². The van der Waals surface area contributed by atoms with E-state index < -0.39 is 0 Å². The van der Waals surface area contributed by atoms with Gasteiger partial charge in [-0.15, -0.1) is 11.3 Å². The van der Waals surface area contributed by atoms with E-state index in [1.54, 1.807) is 11.3 Å². The number of fused-ring (bicyclic) bond motifs is 1. The van der Waals surface area contributed by atoms with Crippen LogP contribution >= 0.6 is 11.3 Å². The van der Waals surface area contributed by atoms with Crippen LogP contribution in [0, 0.1) is 13.8 Å². The molecular weight excluding hydrogens is 268 g/mol. The average Bonchev–Trinajstić information content (AvgIpc) is 2.80. The Balaban J connectivity index is 1.83. The summed E-state index contributed by atoms with van der Waals surface area (Å²) in [7, 11) is 0. The summed E-state index contributed by atoms with van der Waals surface area (Å²) in [4.78, 5) is 4.57. The van der Waals surface area contributed by atoms with Crippen molar-refractivity contribution in [3.8, 4) is 5.75 Å². The lowest BCUT2D eigenvalue weighted by Gasteiger charge is -2.11. The zero-order valence-electron chi connectivity index (χ0n) is 11.5. The number of nitrogen functional groups attached to an aromatic ring is 1. The molecule has 1 aromatic heterocycles. The number of hydrogen-bond acceptors (Lipinski definition) is 4. The van der Waals surface area contributed by atoms with Gasteiger partial charge in [-0.3, -0.25) is 0 Å². The Labute approximate surface area is 122 Å². The van der Waals surface area contributed by atoms with Crippen molar-refractivity contribution < 1.29 is 4.74 Å². The van der Waals surface area contributed by atoms with Gasteiger partial charge in [0.05, 0.1) is 10.2 Å². The number of benzene rings is 2. The third-order valence-corrected chi connectivity index (χ3v) is 4.17. The molecule has 4 heteroatoms. The number of nitrogens with zero attached hydrogens (tertiary/aromatic N) is 1. The predicted octanol–water partition coefficient (Wildman–Crippen LogP) is 4.07. The Hall–Kier alpha value is -2.07. The Morgan fingerprint density at radius 1 is 1.15 bits per heavy atom. The van der Waals surface area contributed by atoms with Crippen LogP contribution in [0.25, 0.3) is 10.2 Å². The smallest absolute Gasteiger partial charge is 0.140 e. The SMILES string of the molecule is Cc1cc(N)cc(C)c1OCc1nc2ccccc2s1. The monoisotopic (exact) mass is 284 g/mol. The second kappa shape index (κ2) is 5.13. The molecule has 0 atom stereocenters. The number of aromatic nitrogens is 1. The first-order valence-corrected chi connectivity index (χ1v) is 7.29. The summed E-state index contributed by atoms with van der Waals surface area (Å²) in [6.45, 7) is 4.51. The van der Waals surface area contributed by atoms with E-state index in [1.807, 2.05) is 44.2 Å². The molecule has 3 aromatic rings. The molecule has 3 rings (SSSR count). The molecule has 0 saturated heterocycles. The van der Waals surface area contributed by atoms with Crippen LogP contribution in [0.15, 0.2) is 36.4 Å². The van der Waals surface area contributed by atoms with Crippen molar-refractivity contribution in [2.75, 3.05) is 5.73 Å². The minimum absolute atomic E-state index is 0.491. The molecule has 102 valence electrons. The fraction of sp³-hybridized carbons (Fsp3) is 0.188. The number of rotatable bonds is 3. The molecule has 2 aromatic carbocycles.